The van der Waals surface area contributed by atoms with Crippen molar-refractivity contribution in [1.82, 2.24) is 9.88 Å². The fourth-order valence-electron chi connectivity index (χ4n) is 4.08. The number of pyridine rings is 1. The average Bonchev–Trinajstić information content (AvgIpc) is 2.91. The fourth-order valence-corrected chi connectivity index (χ4v) is 4.08. The zero-order valence-corrected chi connectivity index (χ0v) is 22.2. The Morgan fingerprint density at radius 3 is 2.45 bits per heavy atom. The summed E-state index contributed by atoms with van der Waals surface area (Å²) in [6.07, 6.45) is -3.27. The molecule has 2 heterocycles. The Labute approximate surface area is 230 Å². The van der Waals surface area contributed by atoms with Crippen LogP contribution in [0, 0.1) is 0 Å². The zero-order valence-electron chi connectivity index (χ0n) is 22.2. The topological polar surface area (TPSA) is 94.2 Å². The van der Waals surface area contributed by atoms with Gasteiger partial charge in [0.2, 0.25) is 5.88 Å². The molecule has 3 aromatic rings. The maximum Gasteiger partial charge on any atom is 0.573 e. The van der Waals surface area contributed by atoms with Gasteiger partial charge in [-0.1, -0.05) is 18.2 Å². The Balaban J connectivity index is 1.40. The van der Waals surface area contributed by atoms with Crippen LogP contribution in [0.3, 0.4) is 0 Å². The third kappa shape index (κ3) is 8.57. The standard InChI is InChI=1S/C28H31F3N4O5/c1-27(2,38-19-16-35-14-17-37-18-15-35)22-6-3-4-8-24(22)39-25-23(7-5-13-32-25)34-26(36)33-20-9-11-21(12-10-20)40-28(29,30)31/h3-13H,14-19H2,1-2H3,(H2,33,34,36). The highest BCUT2D eigenvalue weighted by Gasteiger charge is 2.31. The SMILES string of the molecule is CC(C)(OCCN1CCOCC1)c1ccccc1Oc1ncccc1NC(=O)Nc1ccc(OC(F)(F)F)cc1. The molecule has 1 aliphatic heterocycles. The van der Waals surface area contributed by atoms with Crippen LogP contribution in [0.4, 0.5) is 29.3 Å². The number of morpholine rings is 1. The fraction of sp³-hybridized carbons (Fsp3) is 0.357. The van der Waals surface area contributed by atoms with Gasteiger partial charge in [0.05, 0.1) is 25.4 Å². The molecule has 0 saturated carbocycles. The Morgan fingerprint density at radius 2 is 1.73 bits per heavy atom. The lowest BCUT2D eigenvalue weighted by Gasteiger charge is -2.31. The van der Waals surface area contributed by atoms with E-state index in [1.807, 2.05) is 32.0 Å². The molecule has 1 fully saturated rings. The molecule has 0 spiro atoms. The van der Waals surface area contributed by atoms with Crippen molar-refractivity contribution in [2.75, 3.05) is 50.1 Å². The summed E-state index contributed by atoms with van der Waals surface area (Å²) in [6, 6.07) is 14.8. The van der Waals surface area contributed by atoms with Gasteiger partial charge in [0.15, 0.2) is 0 Å². The second-order valence-electron chi connectivity index (χ2n) is 9.42. The summed E-state index contributed by atoms with van der Waals surface area (Å²) in [5.74, 6) is 0.275. The van der Waals surface area contributed by atoms with E-state index < -0.39 is 23.7 Å². The van der Waals surface area contributed by atoms with E-state index in [0.29, 0.717) is 12.4 Å². The number of carbonyl (C=O) groups is 1. The third-order valence-electron chi connectivity index (χ3n) is 6.08. The van der Waals surface area contributed by atoms with Crippen molar-refractivity contribution < 1.29 is 36.9 Å². The first-order valence-corrected chi connectivity index (χ1v) is 12.7. The highest BCUT2D eigenvalue weighted by molar-refractivity contribution is 6.00. The number of nitrogens with zero attached hydrogens (tertiary/aromatic N) is 2. The van der Waals surface area contributed by atoms with E-state index in [1.165, 1.54) is 18.3 Å². The molecule has 0 unspecified atom stereocenters. The average molecular weight is 561 g/mol. The number of hydrogen-bond donors (Lipinski definition) is 2. The number of amides is 2. The minimum atomic E-state index is -4.80. The highest BCUT2D eigenvalue weighted by atomic mass is 19.4. The van der Waals surface area contributed by atoms with Crippen LogP contribution in [0.5, 0.6) is 17.4 Å². The van der Waals surface area contributed by atoms with Gasteiger partial charge in [-0.05, 0) is 56.3 Å². The second kappa shape index (κ2) is 13.0. The van der Waals surface area contributed by atoms with E-state index in [0.717, 1.165) is 50.5 Å². The summed E-state index contributed by atoms with van der Waals surface area (Å²) in [5, 5.41) is 5.22. The molecule has 0 bridgehead atoms. The van der Waals surface area contributed by atoms with Crippen molar-refractivity contribution in [1.29, 1.82) is 0 Å². The Morgan fingerprint density at radius 1 is 1.00 bits per heavy atom. The lowest BCUT2D eigenvalue weighted by molar-refractivity contribution is -0.274. The number of aromatic nitrogens is 1. The highest BCUT2D eigenvalue weighted by Crippen LogP contribution is 2.36. The number of para-hydroxylation sites is 1. The molecule has 1 aromatic heterocycles. The quantitative estimate of drug-likeness (QED) is 0.314. The molecule has 9 nitrogen and oxygen atoms in total. The van der Waals surface area contributed by atoms with E-state index in [9.17, 15) is 18.0 Å². The molecule has 0 radical (unpaired) electrons. The van der Waals surface area contributed by atoms with Crippen LogP contribution < -0.4 is 20.1 Å². The van der Waals surface area contributed by atoms with Crippen LogP contribution in [0.2, 0.25) is 0 Å². The molecule has 1 aliphatic rings. The third-order valence-corrected chi connectivity index (χ3v) is 6.08. The first-order chi connectivity index (χ1) is 19.1. The van der Waals surface area contributed by atoms with Gasteiger partial charge < -0.3 is 29.6 Å². The van der Waals surface area contributed by atoms with E-state index in [4.69, 9.17) is 14.2 Å². The van der Waals surface area contributed by atoms with Gasteiger partial charge in [-0.25, -0.2) is 9.78 Å². The summed E-state index contributed by atoms with van der Waals surface area (Å²) >= 11 is 0. The monoisotopic (exact) mass is 560 g/mol. The predicted molar refractivity (Wildman–Crippen MR) is 143 cm³/mol. The second-order valence-corrected chi connectivity index (χ2v) is 9.42. The van der Waals surface area contributed by atoms with Crippen molar-refractivity contribution in [2.45, 2.75) is 25.8 Å². The van der Waals surface area contributed by atoms with E-state index in [-0.39, 0.29) is 17.3 Å². The molecule has 0 atom stereocenters. The number of anilines is 2. The number of halogens is 3. The first-order valence-electron chi connectivity index (χ1n) is 12.7. The molecule has 12 heteroatoms. The van der Waals surface area contributed by atoms with Crippen molar-refractivity contribution >= 4 is 17.4 Å². The molecule has 2 aromatic carbocycles. The van der Waals surface area contributed by atoms with E-state index in [2.05, 4.69) is 25.3 Å². The molecule has 4 rings (SSSR count). The van der Waals surface area contributed by atoms with Gasteiger partial charge in [-0.15, -0.1) is 13.2 Å². The predicted octanol–water partition coefficient (Wildman–Crippen LogP) is 6.00. The van der Waals surface area contributed by atoms with Crippen LogP contribution in [0.25, 0.3) is 0 Å². The van der Waals surface area contributed by atoms with Gasteiger partial charge >= 0.3 is 12.4 Å². The lowest BCUT2D eigenvalue weighted by atomic mass is 9.97. The number of rotatable bonds is 10. The van der Waals surface area contributed by atoms with Crippen LogP contribution in [-0.2, 0) is 15.1 Å². The minimum absolute atomic E-state index is 0.156. The maximum absolute atomic E-state index is 12.6. The van der Waals surface area contributed by atoms with Crippen LogP contribution >= 0.6 is 0 Å². The van der Waals surface area contributed by atoms with Crippen molar-refractivity contribution in [2.24, 2.45) is 0 Å². The van der Waals surface area contributed by atoms with Gasteiger partial charge in [-0.3, -0.25) is 4.90 Å². The van der Waals surface area contributed by atoms with Gasteiger partial charge in [0, 0.05) is 37.1 Å². The molecule has 214 valence electrons. The Hall–Kier alpha value is -3.87. The largest absolute Gasteiger partial charge is 0.573 e. The number of nitrogens with one attached hydrogen (secondary N) is 2. The van der Waals surface area contributed by atoms with Gasteiger partial charge in [0.25, 0.3) is 0 Å². The Bertz CT molecular complexity index is 1270. The smallest absolute Gasteiger partial charge is 0.437 e. The van der Waals surface area contributed by atoms with Crippen LogP contribution in [0.1, 0.15) is 19.4 Å². The van der Waals surface area contributed by atoms with Crippen LogP contribution in [-0.4, -0.2) is 61.7 Å². The molecule has 2 N–H and O–H groups in total. The lowest BCUT2D eigenvalue weighted by Crippen LogP contribution is -2.39. The summed E-state index contributed by atoms with van der Waals surface area (Å²) in [4.78, 5) is 19.2. The van der Waals surface area contributed by atoms with Crippen molar-refractivity contribution in [3.05, 3.63) is 72.4 Å². The summed E-state index contributed by atoms with van der Waals surface area (Å²) < 4.78 is 58.8. The number of urea groups is 1. The summed E-state index contributed by atoms with van der Waals surface area (Å²) in [5.41, 5.74) is 0.682. The minimum Gasteiger partial charge on any atom is -0.437 e. The number of ether oxygens (including phenoxy) is 4. The Kier molecular flexibility index (Phi) is 9.46. The maximum atomic E-state index is 12.6. The molecular weight excluding hydrogens is 529 g/mol. The van der Waals surface area contributed by atoms with Crippen LogP contribution in [0.15, 0.2) is 66.9 Å². The number of benzene rings is 2. The molecule has 2 amide bonds. The van der Waals surface area contributed by atoms with E-state index in [1.54, 1.807) is 18.2 Å². The van der Waals surface area contributed by atoms with E-state index >= 15 is 0 Å². The molecule has 1 saturated heterocycles. The van der Waals surface area contributed by atoms with Crippen molar-refractivity contribution in [3.8, 4) is 17.4 Å². The number of hydrogen-bond acceptors (Lipinski definition) is 7. The number of alkyl halides is 3. The molecule has 0 aliphatic carbocycles. The summed E-state index contributed by atoms with van der Waals surface area (Å²) in [6.45, 7) is 8.45. The molecular formula is C28H31F3N4O5. The van der Waals surface area contributed by atoms with Gasteiger partial charge in [-0.2, -0.15) is 0 Å². The summed E-state index contributed by atoms with van der Waals surface area (Å²) in [7, 11) is 0. The zero-order chi connectivity index (χ0) is 28.6. The number of carbonyl (C=O) groups excluding carboxylic acids is 1. The normalized spacial score (nSPS) is 14.4. The first kappa shape index (κ1) is 29.1. The molecule has 40 heavy (non-hydrogen) atoms. The van der Waals surface area contributed by atoms with Gasteiger partial charge in [0.1, 0.15) is 17.2 Å². The van der Waals surface area contributed by atoms with Crippen molar-refractivity contribution in [3.63, 3.8) is 0 Å².